The molecule has 178 valence electrons. The summed E-state index contributed by atoms with van der Waals surface area (Å²) in [6, 6.07) is 11.0. The van der Waals surface area contributed by atoms with Gasteiger partial charge < -0.3 is 19.1 Å². The number of nitrogens with zero attached hydrogens (tertiary/aromatic N) is 3. The number of aryl methyl sites for hydroxylation is 2. The summed E-state index contributed by atoms with van der Waals surface area (Å²) in [6.45, 7) is 10.7. The van der Waals surface area contributed by atoms with Gasteiger partial charge in [0.25, 0.3) is 11.7 Å². The van der Waals surface area contributed by atoms with Gasteiger partial charge >= 0.3 is 0 Å². The van der Waals surface area contributed by atoms with Crippen LogP contribution >= 0.6 is 0 Å². The lowest BCUT2D eigenvalue weighted by Gasteiger charge is -2.26. The number of methoxy groups -OCH3 is 1. The van der Waals surface area contributed by atoms with Crippen molar-refractivity contribution in [3.63, 3.8) is 0 Å². The number of carbonyl (C=O) groups is 2. The van der Waals surface area contributed by atoms with Gasteiger partial charge in [0.1, 0.15) is 11.3 Å². The molecule has 1 fully saturated rings. The molecule has 0 aliphatic carbocycles. The standard InChI is InChI=1S/C27H31N3O4/c1-16-8-7-13-29-17(2)21(28-25(16)29)23(31)20-22(30(14-15-34-6)26(33)24(20)32)18-9-11-19(12-10-18)27(3,4)5/h7-13,22,31H,14-15H2,1-6H3. The highest BCUT2D eigenvalue weighted by Crippen LogP contribution is 2.40. The van der Waals surface area contributed by atoms with Gasteiger partial charge in [-0.25, -0.2) is 4.98 Å². The molecule has 1 N–H and O–H groups in total. The Morgan fingerprint density at radius 2 is 1.79 bits per heavy atom. The van der Waals surface area contributed by atoms with Crippen molar-refractivity contribution in [2.75, 3.05) is 20.3 Å². The van der Waals surface area contributed by atoms with Crippen molar-refractivity contribution in [2.45, 2.75) is 46.1 Å². The third-order valence-corrected chi connectivity index (χ3v) is 6.48. The van der Waals surface area contributed by atoms with Crippen molar-refractivity contribution < 1.29 is 19.4 Å². The lowest BCUT2D eigenvalue weighted by atomic mass is 9.85. The molecule has 0 radical (unpaired) electrons. The normalized spacial score (nSPS) is 18.3. The van der Waals surface area contributed by atoms with Crippen LogP contribution in [0.25, 0.3) is 11.4 Å². The Morgan fingerprint density at radius 1 is 1.12 bits per heavy atom. The summed E-state index contributed by atoms with van der Waals surface area (Å²) in [6.07, 6.45) is 1.86. The van der Waals surface area contributed by atoms with Gasteiger partial charge in [-0.2, -0.15) is 0 Å². The summed E-state index contributed by atoms with van der Waals surface area (Å²) in [5.41, 5.74) is 4.53. The minimum atomic E-state index is -0.727. The fourth-order valence-electron chi connectivity index (χ4n) is 4.49. The van der Waals surface area contributed by atoms with E-state index < -0.39 is 17.7 Å². The Balaban J connectivity index is 1.90. The predicted octanol–water partition coefficient (Wildman–Crippen LogP) is 4.32. The third kappa shape index (κ3) is 3.90. The lowest BCUT2D eigenvalue weighted by Crippen LogP contribution is -2.32. The van der Waals surface area contributed by atoms with Gasteiger partial charge in [-0.05, 0) is 42.0 Å². The zero-order valence-corrected chi connectivity index (χ0v) is 20.5. The molecule has 7 heteroatoms. The minimum Gasteiger partial charge on any atom is -0.505 e. The van der Waals surface area contributed by atoms with E-state index in [0.717, 1.165) is 16.7 Å². The predicted molar refractivity (Wildman–Crippen MR) is 131 cm³/mol. The zero-order chi connectivity index (χ0) is 24.8. The first-order valence-corrected chi connectivity index (χ1v) is 11.4. The smallest absolute Gasteiger partial charge is 0.295 e. The van der Waals surface area contributed by atoms with E-state index in [9.17, 15) is 14.7 Å². The average molecular weight is 462 g/mol. The SMILES string of the molecule is COCCN1C(=O)C(=O)C(=C(O)c2nc3c(C)cccn3c2C)C1c1ccc(C(C)(C)C)cc1. The van der Waals surface area contributed by atoms with Crippen LogP contribution in [0.2, 0.25) is 0 Å². The monoisotopic (exact) mass is 461 g/mol. The van der Waals surface area contributed by atoms with Gasteiger partial charge in [-0.3, -0.25) is 9.59 Å². The number of aromatic nitrogens is 2. The van der Waals surface area contributed by atoms with E-state index in [0.29, 0.717) is 17.0 Å². The molecule has 1 amide bonds. The number of ether oxygens (including phenoxy) is 1. The van der Waals surface area contributed by atoms with E-state index in [-0.39, 0.29) is 29.9 Å². The van der Waals surface area contributed by atoms with E-state index in [4.69, 9.17) is 4.74 Å². The molecule has 0 spiro atoms. The van der Waals surface area contributed by atoms with E-state index in [1.165, 1.54) is 4.90 Å². The van der Waals surface area contributed by atoms with Gasteiger partial charge in [0.05, 0.1) is 23.9 Å². The molecule has 1 unspecified atom stereocenters. The number of hydrogen-bond acceptors (Lipinski definition) is 5. The van der Waals surface area contributed by atoms with Crippen LogP contribution in [0.3, 0.4) is 0 Å². The fraction of sp³-hybridized carbons (Fsp3) is 0.370. The number of Topliss-reactive ketones (excluding diaryl/α,β-unsaturated/α-hetero) is 1. The quantitative estimate of drug-likeness (QED) is 0.348. The summed E-state index contributed by atoms with van der Waals surface area (Å²) in [5, 5.41) is 11.4. The van der Waals surface area contributed by atoms with Crippen LogP contribution in [0.4, 0.5) is 0 Å². The highest BCUT2D eigenvalue weighted by molar-refractivity contribution is 6.46. The van der Waals surface area contributed by atoms with Gasteiger partial charge in [-0.1, -0.05) is 51.1 Å². The Kier molecular flexibility index (Phi) is 6.08. The molecule has 0 bridgehead atoms. The number of carbonyl (C=O) groups excluding carboxylic acids is 2. The van der Waals surface area contributed by atoms with Crippen molar-refractivity contribution in [3.05, 3.63) is 76.2 Å². The third-order valence-electron chi connectivity index (χ3n) is 6.48. The summed E-state index contributed by atoms with van der Waals surface area (Å²) in [7, 11) is 1.55. The van der Waals surface area contributed by atoms with Crippen LogP contribution in [0.15, 0.2) is 48.2 Å². The first kappa shape index (κ1) is 23.7. The molecule has 4 rings (SSSR count). The van der Waals surface area contributed by atoms with Crippen LogP contribution in [0.1, 0.15) is 54.9 Å². The topological polar surface area (TPSA) is 84.1 Å². The summed E-state index contributed by atoms with van der Waals surface area (Å²) < 4.78 is 7.06. The molecule has 1 saturated heterocycles. The van der Waals surface area contributed by atoms with Crippen LogP contribution < -0.4 is 0 Å². The first-order valence-electron chi connectivity index (χ1n) is 11.4. The molecule has 1 aliphatic heterocycles. The van der Waals surface area contributed by atoms with Crippen LogP contribution in [-0.2, 0) is 19.7 Å². The number of imidazole rings is 1. The number of aliphatic hydroxyl groups is 1. The number of pyridine rings is 1. The number of benzene rings is 1. The zero-order valence-electron chi connectivity index (χ0n) is 20.5. The maximum absolute atomic E-state index is 13.2. The Bertz CT molecular complexity index is 1300. The number of aliphatic hydroxyl groups excluding tert-OH is 1. The molecule has 34 heavy (non-hydrogen) atoms. The second-order valence-corrected chi connectivity index (χ2v) is 9.79. The van der Waals surface area contributed by atoms with Gasteiger partial charge in [0.15, 0.2) is 5.76 Å². The van der Waals surface area contributed by atoms with Crippen molar-refractivity contribution in [3.8, 4) is 0 Å². The number of ketones is 1. The van der Waals surface area contributed by atoms with E-state index in [2.05, 4.69) is 25.8 Å². The number of likely N-dealkylation sites (tertiary alicyclic amines) is 1. The van der Waals surface area contributed by atoms with Crippen LogP contribution in [-0.4, -0.2) is 51.3 Å². The molecule has 2 aromatic heterocycles. The second-order valence-electron chi connectivity index (χ2n) is 9.79. The molecular formula is C27H31N3O4. The van der Waals surface area contributed by atoms with Crippen LogP contribution in [0.5, 0.6) is 0 Å². The molecule has 3 heterocycles. The summed E-state index contributed by atoms with van der Waals surface area (Å²) >= 11 is 0. The molecule has 7 nitrogen and oxygen atoms in total. The molecule has 1 aromatic carbocycles. The number of amides is 1. The number of rotatable bonds is 5. The molecule has 3 aromatic rings. The van der Waals surface area contributed by atoms with Crippen LogP contribution in [0, 0.1) is 13.8 Å². The Labute approximate surface area is 199 Å². The largest absolute Gasteiger partial charge is 0.505 e. The van der Waals surface area contributed by atoms with Gasteiger partial charge in [-0.15, -0.1) is 0 Å². The molecular weight excluding hydrogens is 430 g/mol. The molecule has 1 aliphatic rings. The fourth-order valence-corrected chi connectivity index (χ4v) is 4.49. The van der Waals surface area contributed by atoms with Gasteiger partial charge in [0.2, 0.25) is 0 Å². The first-order chi connectivity index (χ1) is 16.1. The molecule has 1 atom stereocenters. The minimum absolute atomic E-state index is 0.0398. The second kappa shape index (κ2) is 8.72. The lowest BCUT2D eigenvalue weighted by molar-refractivity contribution is -0.140. The Morgan fingerprint density at radius 3 is 2.38 bits per heavy atom. The maximum Gasteiger partial charge on any atom is 0.295 e. The average Bonchev–Trinajstić information content (AvgIpc) is 3.27. The van der Waals surface area contributed by atoms with Crippen molar-refractivity contribution in [1.29, 1.82) is 0 Å². The van der Waals surface area contributed by atoms with E-state index >= 15 is 0 Å². The number of hydrogen-bond donors (Lipinski definition) is 1. The highest BCUT2D eigenvalue weighted by Gasteiger charge is 2.46. The Hall–Kier alpha value is -3.45. The number of fused-ring (bicyclic) bond motifs is 1. The van der Waals surface area contributed by atoms with E-state index in [1.807, 2.05) is 60.8 Å². The summed E-state index contributed by atoms with van der Waals surface area (Å²) in [5.74, 6) is -1.63. The van der Waals surface area contributed by atoms with Crippen molar-refractivity contribution >= 4 is 23.1 Å². The highest BCUT2D eigenvalue weighted by atomic mass is 16.5. The molecule has 0 saturated carbocycles. The van der Waals surface area contributed by atoms with Crippen molar-refractivity contribution in [1.82, 2.24) is 14.3 Å². The summed E-state index contributed by atoms with van der Waals surface area (Å²) in [4.78, 5) is 32.3. The van der Waals surface area contributed by atoms with Crippen molar-refractivity contribution in [2.24, 2.45) is 0 Å². The maximum atomic E-state index is 13.2. The van der Waals surface area contributed by atoms with E-state index in [1.54, 1.807) is 7.11 Å². The van der Waals surface area contributed by atoms with Gasteiger partial charge in [0, 0.05) is 19.9 Å².